The van der Waals surface area contributed by atoms with Gasteiger partial charge < -0.3 is 33.8 Å². The maximum Gasteiger partial charge on any atom is 0.472 e. The number of aliphatic hydroxyl groups excluding tert-OH is 1. The number of hydrogen-bond donors (Lipinski definition) is 3. The number of phosphoric ester groups is 2. The van der Waals surface area contributed by atoms with Gasteiger partial charge in [-0.15, -0.1) is 0 Å². The smallest absolute Gasteiger partial charge is 0.462 e. The van der Waals surface area contributed by atoms with E-state index in [9.17, 15) is 43.2 Å². The Morgan fingerprint density at radius 2 is 0.477 bits per heavy atom. The predicted molar refractivity (Wildman–Crippen MR) is 442 cm³/mol. The fourth-order valence-electron chi connectivity index (χ4n) is 13.7. The second-order valence-corrected chi connectivity index (χ2v) is 35.3. The molecule has 17 nitrogen and oxygen atoms in total. The molecule has 0 aliphatic carbocycles. The van der Waals surface area contributed by atoms with Gasteiger partial charge in [0.2, 0.25) is 0 Å². The fraction of sp³-hybridized carbons (Fsp3) is 0.955. The van der Waals surface area contributed by atoms with E-state index in [4.69, 9.17) is 37.0 Å². The lowest BCUT2D eigenvalue weighted by molar-refractivity contribution is -0.161. The molecule has 636 valence electrons. The molecule has 0 spiro atoms. The van der Waals surface area contributed by atoms with Crippen molar-refractivity contribution < 1.29 is 80.2 Å². The van der Waals surface area contributed by atoms with Crippen LogP contribution in [0.5, 0.6) is 0 Å². The number of carbonyl (C=O) groups excluding carboxylic acids is 4. The van der Waals surface area contributed by atoms with E-state index in [-0.39, 0.29) is 25.7 Å². The van der Waals surface area contributed by atoms with Gasteiger partial charge in [0.1, 0.15) is 19.3 Å². The molecule has 3 unspecified atom stereocenters. The summed E-state index contributed by atoms with van der Waals surface area (Å²) in [6.45, 7) is 9.74. The lowest BCUT2D eigenvalue weighted by atomic mass is 9.99. The first-order valence-corrected chi connectivity index (χ1v) is 48.5. The molecule has 0 fully saturated rings. The molecule has 3 N–H and O–H groups in total. The molecule has 0 aromatic carbocycles. The van der Waals surface area contributed by atoms with Gasteiger partial charge in [0.15, 0.2) is 12.2 Å². The Kier molecular flexibility index (Phi) is 77.9. The maximum absolute atomic E-state index is 13.2. The average molecular weight is 1560 g/mol. The van der Waals surface area contributed by atoms with Crippen LogP contribution in [0.1, 0.15) is 472 Å². The maximum atomic E-state index is 13.2. The summed E-state index contributed by atoms with van der Waals surface area (Å²) in [5.41, 5.74) is 0. The van der Waals surface area contributed by atoms with Gasteiger partial charge in [0, 0.05) is 25.7 Å². The zero-order valence-electron chi connectivity index (χ0n) is 70.5. The average Bonchev–Trinajstić information content (AvgIpc) is 0.901. The minimum absolute atomic E-state index is 0.108. The number of phosphoric acid groups is 2. The molecule has 0 amide bonds. The minimum atomic E-state index is -4.97. The Labute approximate surface area is 658 Å². The lowest BCUT2D eigenvalue weighted by Crippen LogP contribution is -2.30. The van der Waals surface area contributed by atoms with Crippen molar-refractivity contribution >= 4 is 39.5 Å². The molecule has 0 aromatic heterocycles. The topological polar surface area (TPSA) is 237 Å². The third-order valence-electron chi connectivity index (χ3n) is 21.1. The van der Waals surface area contributed by atoms with Crippen molar-refractivity contribution in [3.8, 4) is 0 Å². The molecule has 0 aliphatic heterocycles. The predicted octanol–water partition coefficient (Wildman–Crippen LogP) is 27.0. The summed E-state index contributed by atoms with van der Waals surface area (Å²) < 4.78 is 68.9. The standard InChI is InChI=1S/C88H172O17P2/c1-7-10-12-14-16-18-19-20-21-22-23-24-28-31-37-42-47-53-59-65-71-86(91)99-77-84(105-88(93)72-66-60-54-48-43-38-32-29-26-25-27-30-36-41-46-51-57-63-69-81(6)9-3)79-103-107(96,97)101-75-82(89)74-100-106(94,95)102-78-83(76-98-85(90)70-64-58-52-17-15-13-11-8-2)104-87(92)73-67-61-55-49-44-39-34-33-35-40-45-50-56-62-68-80(4)5/h80-84,89H,7-79H2,1-6H3,(H,94,95)(H,96,97)/t81?,82-,83+,84+/m0/s1. The molecule has 0 heterocycles. The summed E-state index contributed by atoms with van der Waals surface area (Å²) in [5.74, 6) is -0.436. The van der Waals surface area contributed by atoms with Gasteiger partial charge in [0.05, 0.1) is 26.4 Å². The lowest BCUT2D eigenvalue weighted by Gasteiger charge is -2.21. The van der Waals surface area contributed by atoms with Gasteiger partial charge in [-0.25, -0.2) is 9.13 Å². The van der Waals surface area contributed by atoms with E-state index in [2.05, 4.69) is 41.5 Å². The van der Waals surface area contributed by atoms with Crippen molar-refractivity contribution in [3.63, 3.8) is 0 Å². The highest BCUT2D eigenvalue weighted by Crippen LogP contribution is 2.45. The van der Waals surface area contributed by atoms with E-state index in [0.717, 1.165) is 108 Å². The van der Waals surface area contributed by atoms with Crippen LogP contribution >= 0.6 is 15.6 Å². The van der Waals surface area contributed by atoms with Crippen LogP contribution in [0.25, 0.3) is 0 Å². The summed E-state index contributed by atoms with van der Waals surface area (Å²) in [7, 11) is -9.93. The van der Waals surface area contributed by atoms with Gasteiger partial charge in [-0.1, -0.05) is 420 Å². The highest BCUT2D eigenvalue weighted by Gasteiger charge is 2.31. The monoisotopic (exact) mass is 1560 g/mol. The number of rotatable bonds is 87. The minimum Gasteiger partial charge on any atom is -0.462 e. The van der Waals surface area contributed by atoms with E-state index < -0.39 is 97.5 Å². The van der Waals surface area contributed by atoms with E-state index in [1.807, 2.05) is 0 Å². The zero-order chi connectivity index (χ0) is 78.5. The number of ether oxygens (including phenoxy) is 4. The Morgan fingerprint density at radius 3 is 0.710 bits per heavy atom. The third-order valence-corrected chi connectivity index (χ3v) is 23.0. The van der Waals surface area contributed by atoms with Crippen LogP contribution in [0.15, 0.2) is 0 Å². The van der Waals surface area contributed by atoms with Gasteiger partial charge >= 0.3 is 39.5 Å². The first-order valence-electron chi connectivity index (χ1n) is 45.5. The van der Waals surface area contributed by atoms with Gasteiger partial charge in [-0.3, -0.25) is 37.3 Å². The van der Waals surface area contributed by atoms with Crippen molar-refractivity contribution in [2.45, 2.75) is 490 Å². The van der Waals surface area contributed by atoms with Crippen LogP contribution in [0.4, 0.5) is 0 Å². The first kappa shape index (κ1) is 105. The van der Waals surface area contributed by atoms with Gasteiger partial charge in [-0.2, -0.15) is 0 Å². The quantitative estimate of drug-likeness (QED) is 0.0222. The molecule has 6 atom stereocenters. The van der Waals surface area contributed by atoms with Crippen LogP contribution in [0.3, 0.4) is 0 Å². The van der Waals surface area contributed by atoms with Crippen molar-refractivity contribution in [3.05, 3.63) is 0 Å². The molecule has 0 rings (SSSR count). The Hall–Kier alpha value is -1.94. The Morgan fingerprint density at radius 1 is 0.271 bits per heavy atom. The molecule has 0 aromatic rings. The molecule has 0 aliphatic rings. The van der Waals surface area contributed by atoms with Crippen LogP contribution in [0, 0.1) is 11.8 Å². The molecule has 19 heteroatoms. The number of carbonyl (C=O) groups is 4. The van der Waals surface area contributed by atoms with Crippen LogP contribution < -0.4 is 0 Å². The Balaban J connectivity index is 5.18. The van der Waals surface area contributed by atoms with E-state index in [1.54, 1.807) is 0 Å². The molecule has 107 heavy (non-hydrogen) atoms. The van der Waals surface area contributed by atoms with Crippen LogP contribution in [0.2, 0.25) is 0 Å². The zero-order valence-corrected chi connectivity index (χ0v) is 72.2. The Bertz CT molecular complexity index is 2050. The number of esters is 4. The van der Waals surface area contributed by atoms with Crippen molar-refractivity contribution in [2.75, 3.05) is 39.6 Å². The SMILES string of the molecule is CCCCCCCCCCCCCCCCCCCCCCC(=O)OC[C@H](COP(=O)(O)OC[C@@H](O)COP(=O)(O)OC[C@@H](COC(=O)CCCCCCCCCC)OC(=O)CCCCCCCCCCCCCCCCC(C)C)OC(=O)CCCCCCCCCCCCCCCCCCCCC(C)CC. The van der Waals surface area contributed by atoms with Crippen molar-refractivity contribution in [1.82, 2.24) is 0 Å². The molecule has 0 bridgehead atoms. The van der Waals surface area contributed by atoms with E-state index >= 15 is 0 Å². The summed E-state index contributed by atoms with van der Waals surface area (Å²) in [5, 5.41) is 10.7. The number of unbranched alkanes of at least 4 members (excludes halogenated alkanes) is 56. The summed E-state index contributed by atoms with van der Waals surface area (Å²) in [6, 6.07) is 0. The number of hydrogen-bond acceptors (Lipinski definition) is 15. The van der Waals surface area contributed by atoms with Crippen molar-refractivity contribution in [1.29, 1.82) is 0 Å². The molecule has 0 saturated carbocycles. The van der Waals surface area contributed by atoms with Crippen LogP contribution in [-0.2, 0) is 65.4 Å². The fourth-order valence-corrected chi connectivity index (χ4v) is 15.3. The van der Waals surface area contributed by atoms with Crippen molar-refractivity contribution in [2.24, 2.45) is 11.8 Å². The highest BCUT2D eigenvalue weighted by molar-refractivity contribution is 7.47. The van der Waals surface area contributed by atoms with Gasteiger partial charge in [0.25, 0.3) is 0 Å². The van der Waals surface area contributed by atoms with E-state index in [1.165, 1.54) is 283 Å². The normalized spacial score (nSPS) is 14.0. The number of aliphatic hydroxyl groups is 1. The second-order valence-electron chi connectivity index (χ2n) is 32.4. The van der Waals surface area contributed by atoms with Crippen LogP contribution in [-0.4, -0.2) is 96.7 Å². The molecule has 0 radical (unpaired) electrons. The summed E-state index contributed by atoms with van der Waals surface area (Å²) >= 11 is 0. The molecule has 0 saturated heterocycles. The molecular weight excluding hydrogens is 1390 g/mol. The summed E-state index contributed by atoms with van der Waals surface area (Å²) in [4.78, 5) is 73.2. The van der Waals surface area contributed by atoms with E-state index in [0.29, 0.717) is 25.7 Å². The van der Waals surface area contributed by atoms with Gasteiger partial charge in [-0.05, 0) is 37.5 Å². The largest absolute Gasteiger partial charge is 0.472 e. The summed E-state index contributed by atoms with van der Waals surface area (Å²) in [6.07, 6.45) is 72.4. The first-order chi connectivity index (χ1) is 51.9. The molecular formula is C88H172O17P2. The highest BCUT2D eigenvalue weighted by atomic mass is 31.2. The second kappa shape index (κ2) is 79.3. The third kappa shape index (κ3) is 80.5.